The zero-order valence-corrected chi connectivity index (χ0v) is 18.9. The van der Waals surface area contributed by atoms with E-state index in [9.17, 15) is 4.79 Å². The minimum atomic E-state index is -0.125. The van der Waals surface area contributed by atoms with Gasteiger partial charge in [-0.3, -0.25) is 4.79 Å². The SMILES string of the molecule is CC(=O)/C=C(/C)O.Cc1[c-]c2c(cc1)c1cccc3sc4ccnc2c4c31.[Ir]. The fraction of sp³-hybridized carbons (Fsp3) is 0.130. The van der Waals surface area contributed by atoms with Crippen molar-refractivity contribution in [2.75, 3.05) is 0 Å². The van der Waals surface area contributed by atoms with E-state index in [-0.39, 0.29) is 31.6 Å². The van der Waals surface area contributed by atoms with E-state index in [0.717, 1.165) is 16.5 Å². The smallest absolute Gasteiger partial charge is 0.155 e. The second-order valence-electron chi connectivity index (χ2n) is 6.64. The van der Waals surface area contributed by atoms with Crippen molar-refractivity contribution in [2.24, 2.45) is 0 Å². The Morgan fingerprint density at radius 3 is 2.50 bits per heavy atom. The summed E-state index contributed by atoms with van der Waals surface area (Å²) >= 11 is 1.85. The molecule has 0 aliphatic carbocycles. The quantitative estimate of drug-likeness (QED) is 0.112. The average Bonchev–Trinajstić information content (AvgIpc) is 2.99. The number of carbonyl (C=O) groups excluding carboxylic acids is 1. The molecule has 5 rings (SSSR count). The largest absolute Gasteiger partial charge is 0.512 e. The molecule has 28 heavy (non-hydrogen) atoms. The Morgan fingerprint density at radius 1 is 1.07 bits per heavy atom. The molecule has 143 valence electrons. The van der Waals surface area contributed by atoms with Crippen molar-refractivity contribution < 1.29 is 30.0 Å². The number of hydrogen-bond donors (Lipinski definition) is 1. The molecule has 0 aliphatic rings. The Hall–Kier alpha value is -2.33. The second kappa shape index (κ2) is 7.96. The molecule has 3 nitrogen and oxygen atoms in total. The molecule has 0 fully saturated rings. The number of thiophene rings is 1. The number of hydrogen-bond acceptors (Lipinski definition) is 4. The van der Waals surface area contributed by atoms with Crippen molar-refractivity contribution in [3.05, 3.63) is 66.1 Å². The molecule has 5 aromatic rings. The summed E-state index contributed by atoms with van der Waals surface area (Å²) in [6, 6.07) is 16.5. The number of benzene rings is 3. The zero-order valence-electron chi connectivity index (χ0n) is 15.7. The number of allylic oxidation sites excluding steroid dienone is 2. The molecule has 0 saturated heterocycles. The van der Waals surface area contributed by atoms with Gasteiger partial charge >= 0.3 is 0 Å². The number of pyridine rings is 1. The Morgan fingerprint density at radius 2 is 1.82 bits per heavy atom. The van der Waals surface area contributed by atoms with Gasteiger partial charge < -0.3 is 10.1 Å². The van der Waals surface area contributed by atoms with Crippen LogP contribution in [0.15, 0.2) is 54.4 Å². The number of aliphatic hydroxyl groups is 1. The van der Waals surface area contributed by atoms with E-state index in [1.54, 1.807) is 0 Å². The Kier molecular flexibility index (Phi) is 5.80. The standard InChI is InChI=1S/C18H10NS.C5H8O2.Ir/c1-10-5-6-11-12-3-2-4-14-16(12)17-15(20-14)7-8-19-18(17)13(11)9-10;1-4(6)3-5(2)7;/h2-8H,1H3;3,6H,1-2H3;/q-1;;/b;4-3-;. The van der Waals surface area contributed by atoms with Gasteiger partial charge in [0.15, 0.2) is 5.78 Å². The maximum Gasteiger partial charge on any atom is 0.155 e. The van der Waals surface area contributed by atoms with Crippen LogP contribution in [0.4, 0.5) is 0 Å². The van der Waals surface area contributed by atoms with Gasteiger partial charge in [0.25, 0.3) is 0 Å². The number of aryl methyl sites for hydroxylation is 1. The van der Waals surface area contributed by atoms with Crippen LogP contribution in [-0.4, -0.2) is 15.9 Å². The van der Waals surface area contributed by atoms with Gasteiger partial charge in [0.1, 0.15) is 0 Å². The zero-order chi connectivity index (χ0) is 19.1. The Balaban J connectivity index is 0.000000246. The third-order valence-electron chi connectivity index (χ3n) is 4.44. The maximum atomic E-state index is 10.0. The normalized spacial score (nSPS) is 11.6. The van der Waals surface area contributed by atoms with Gasteiger partial charge in [-0.05, 0) is 42.3 Å². The van der Waals surface area contributed by atoms with Crippen LogP contribution < -0.4 is 0 Å². The molecule has 0 aliphatic heterocycles. The summed E-state index contributed by atoms with van der Waals surface area (Å²) in [5.74, 6) is -0.0625. The predicted octanol–water partition coefficient (Wildman–Crippen LogP) is 6.34. The van der Waals surface area contributed by atoms with E-state index < -0.39 is 0 Å². The Bertz CT molecular complexity index is 1330. The van der Waals surface area contributed by atoms with Gasteiger partial charge in [0.2, 0.25) is 0 Å². The summed E-state index contributed by atoms with van der Waals surface area (Å²) in [6.07, 6.45) is 3.08. The first-order valence-corrected chi connectivity index (χ1v) is 9.49. The van der Waals surface area contributed by atoms with Crippen LogP contribution in [-0.2, 0) is 24.9 Å². The molecule has 1 radical (unpaired) electrons. The molecule has 5 heteroatoms. The molecule has 0 bridgehead atoms. The summed E-state index contributed by atoms with van der Waals surface area (Å²) in [5.41, 5.74) is 2.25. The van der Waals surface area contributed by atoms with Crippen molar-refractivity contribution in [3.63, 3.8) is 0 Å². The molecule has 0 unspecified atom stereocenters. The van der Waals surface area contributed by atoms with E-state index in [1.165, 1.54) is 50.9 Å². The van der Waals surface area contributed by atoms with Crippen molar-refractivity contribution in [1.82, 2.24) is 4.98 Å². The van der Waals surface area contributed by atoms with Gasteiger partial charge in [0, 0.05) is 41.8 Å². The predicted molar refractivity (Wildman–Crippen MR) is 114 cm³/mol. The Labute approximate surface area is 180 Å². The molecule has 0 amide bonds. The van der Waals surface area contributed by atoms with Gasteiger partial charge in [0.05, 0.1) is 5.76 Å². The number of ketones is 1. The molecular formula is C23H18IrNO2S-. The van der Waals surface area contributed by atoms with Crippen LogP contribution in [0.5, 0.6) is 0 Å². The fourth-order valence-corrected chi connectivity index (χ4v) is 4.61. The minimum absolute atomic E-state index is 0. The van der Waals surface area contributed by atoms with Gasteiger partial charge in [-0.1, -0.05) is 29.8 Å². The van der Waals surface area contributed by atoms with Crippen molar-refractivity contribution >= 4 is 59.0 Å². The first-order valence-electron chi connectivity index (χ1n) is 8.67. The molecule has 3 aromatic carbocycles. The number of fused-ring (bicyclic) bond motifs is 3. The third kappa shape index (κ3) is 3.53. The monoisotopic (exact) mass is 565 g/mol. The van der Waals surface area contributed by atoms with Crippen LogP contribution in [0.25, 0.3) is 41.8 Å². The second-order valence-corrected chi connectivity index (χ2v) is 7.72. The number of aromatic nitrogens is 1. The van der Waals surface area contributed by atoms with Crippen LogP contribution >= 0.6 is 11.3 Å². The summed E-state index contributed by atoms with van der Waals surface area (Å²) in [5, 5.41) is 14.8. The summed E-state index contributed by atoms with van der Waals surface area (Å²) in [7, 11) is 0. The number of rotatable bonds is 1. The van der Waals surface area contributed by atoms with E-state index in [1.807, 2.05) is 17.5 Å². The molecule has 2 aromatic heterocycles. The van der Waals surface area contributed by atoms with Crippen molar-refractivity contribution in [1.29, 1.82) is 0 Å². The fourth-order valence-electron chi connectivity index (χ4n) is 3.48. The topological polar surface area (TPSA) is 50.2 Å². The summed E-state index contributed by atoms with van der Waals surface area (Å²) in [6.45, 7) is 4.94. The third-order valence-corrected chi connectivity index (χ3v) is 5.56. The number of aliphatic hydroxyl groups excluding tert-OH is 1. The van der Waals surface area contributed by atoms with Crippen LogP contribution in [0.3, 0.4) is 0 Å². The first-order chi connectivity index (χ1) is 13.0. The first kappa shape index (κ1) is 20.4. The van der Waals surface area contributed by atoms with Crippen LogP contribution in [0.1, 0.15) is 19.4 Å². The van der Waals surface area contributed by atoms with Crippen LogP contribution in [0, 0.1) is 13.0 Å². The van der Waals surface area contributed by atoms with Gasteiger partial charge in [-0.2, -0.15) is 0 Å². The molecule has 0 spiro atoms. The van der Waals surface area contributed by atoms with E-state index in [4.69, 9.17) is 5.11 Å². The molecule has 1 N–H and O–H groups in total. The molecular weight excluding hydrogens is 547 g/mol. The van der Waals surface area contributed by atoms with Crippen molar-refractivity contribution in [3.8, 4) is 0 Å². The average molecular weight is 565 g/mol. The van der Waals surface area contributed by atoms with Crippen molar-refractivity contribution in [2.45, 2.75) is 20.8 Å². The maximum absolute atomic E-state index is 10.0. The van der Waals surface area contributed by atoms with E-state index >= 15 is 0 Å². The van der Waals surface area contributed by atoms with Gasteiger partial charge in [-0.25, -0.2) is 0 Å². The minimum Gasteiger partial charge on any atom is -0.512 e. The van der Waals surface area contributed by atoms with E-state index in [2.05, 4.69) is 54.4 Å². The number of carbonyl (C=O) groups is 1. The summed E-state index contributed by atoms with van der Waals surface area (Å²) < 4.78 is 2.66. The van der Waals surface area contributed by atoms with Crippen LogP contribution in [0.2, 0.25) is 0 Å². The molecule has 0 atom stereocenters. The van der Waals surface area contributed by atoms with Gasteiger partial charge in [-0.15, -0.1) is 40.5 Å². The molecule has 0 saturated carbocycles. The number of nitrogens with zero attached hydrogens (tertiary/aromatic N) is 1. The molecule has 2 heterocycles. The summed E-state index contributed by atoms with van der Waals surface area (Å²) in [4.78, 5) is 14.7. The van der Waals surface area contributed by atoms with E-state index in [0.29, 0.717) is 0 Å².